The van der Waals surface area contributed by atoms with Crippen LogP contribution in [0.1, 0.15) is 5.69 Å². The number of aromatic nitrogens is 3. The molecule has 0 aliphatic heterocycles. The first-order valence-electron chi connectivity index (χ1n) is 4.14. The molecule has 0 saturated heterocycles. The van der Waals surface area contributed by atoms with Gasteiger partial charge in [0.2, 0.25) is 0 Å². The third-order valence-electron chi connectivity index (χ3n) is 1.91. The highest BCUT2D eigenvalue weighted by Gasteiger charge is 2.02. The molecule has 0 spiro atoms. The maximum Gasteiger partial charge on any atom is 0.177 e. The summed E-state index contributed by atoms with van der Waals surface area (Å²) in [5.41, 5.74) is 0.614. The monoisotopic (exact) mass is 207 g/mol. The standard InChI is InChI=1S/C9H9N3OS/c13-8-2-1-3-10-7(8)6-12-5-4-11-9(12)14/h1-5,13H,6H2,(H,11,14). The van der Waals surface area contributed by atoms with Crippen molar-refractivity contribution in [1.82, 2.24) is 14.5 Å². The summed E-state index contributed by atoms with van der Waals surface area (Å²) < 4.78 is 2.42. The number of nitrogens with one attached hydrogen (secondary N) is 1. The van der Waals surface area contributed by atoms with Crippen LogP contribution in [0.15, 0.2) is 30.7 Å². The summed E-state index contributed by atoms with van der Waals surface area (Å²) in [6.45, 7) is 0.481. The Balaban J connectivity index is 2.32. The molecule has 72 valence electrons. The van der Waals surface area contributed by atoms with Gasteiger partial charge in [-0.1, -0.05) is 0 Å². The van der Waals surface area contributed by atoms with E-state index in [1.54, 1.807) is 29.1 Å². The largest absolute Gasteiger partial charge is 0.506 e. The lowest BCUT2D eigenvalue weighted by atomic mass is 10.3. The highest BCUT2D eigenvalue weighted by atomic mass is 32.1. The molecule has 0 aliphatic rings. The van der Waals surface area contributed by atoms with Crippen molar-refractivity contribution in [3.63, 3.8) is 0 Å². The van der Waals surface area contributed by atoms with Crippen LogP contribution in [0.5, 0.6) is 5.75 Å². The minimum atomic E-state index is 0.190. The lowest BCUT2D eigenvalue weighted by molar-refractivity contribution is 0.461. The van der Waals surface area contributed by atoms with Crippen LogP contribution in [0.25, 0.3) is 0 Å². The quantitative estimate of drug-likeness (QED) is 0.737. The number of H-pyrrole nitrogens is 1. The average molecular weight is 207 g/mol. The molecule has 2 aromatic heterocycles. The molecule has 2 N–H and O–H groups in total. The number of aromatic amines is 1. The molecule has 0 saturated carbocycles. The van der Waals surface area contributed by atoms with Crippen LogP contribution in [0.2, 0.25) is 0 Å². The van der Waals surface area contributed by atoms with E-state index < -0.39 is 0 Å². The first-order chi connectivity index (χ1) is 6.77. The maximum absolute atomic E-state index is 9.48. The van der Waals surface area contributed by atoms with Crippen LogP contribution in [-0.4, -0.2) is 19.6 Å². The second kappa shape index (κ2) is 3.63. The van der Waals surface area contributed by atoms with Crippen LogP contribution >= 0.6 is 12.2 Å². The Morgan fingerprint density at radius 3 is 3.07 bits per heavy atom. The SMILES string of the molecule is Oc1cccnc1Cn1cc[nH]c1=S. The van der Waals surface area contributed by atoms with Gasteiger partial charge in [0.25, 0.3) is 0 Å². The minimum absolute atomic E-state index is 0.190. The van der Waals surface area contributed by atoms with E-state index >= 15 is 0 Å². The normalized spacial score (nSPS) is 10.3. The first kappa shape index (κ1) is 8.96. The van der Waals surface area contributed by atoms with E-state index in [9.17, 15) is 5.11 Å². The zero-order chi connectivity index (χ0) is 9.97. The molecule has 0 fully saturated rings. The lowest BCUT2D eigenvalue weighted by Gasteiger charge is -2.03. The lowest BCUT2D eigenvalue weighted by Crippen LogP contribution is -2.00. The predicted octanol–water partition coefficient (Wildman–Crippen LogP) is 1.69. The Labute approximate surface area is 85.9 Å². The van der Waals surface area contributed by atoms with E-state index in [-0.39, 0.29) is 5.75 Å². The number of aromatic hydroxyl groups is 1. The molecule has 4 nitrogen and oxygen atoms in total. The van der Waals surface area contributed by atoms with Gasteiger partial charge >= 0.3 is 0 Å². The summed E-state index contributed by atoms with van der Waals surface area (Å²) in [5.74, 6) is 0.190. The highest BCUT2D eigenvalue weighted by molar-refractivity contribution is 7.71. The van der Waals surface area contributed by atoms with Crippen LogP contribution in [0.3, 0.4) is 0 Å². The molecule has 0 aliphatic carbocycles. The second-order valence-corrected chi connectivity index (χ2v) is 3.25. The van der Waals surface area contributed by atoms with Gasteiger partial charge in [-0.05, 0) is 24.4 Å². The summed E-state index contributed by atoms with van der Waals surface area (Å²) in [4.78, 5) is 6.94. The fraction of sp³-hybridized carbons (Fsp3) is 0.111. The number of imidazole rings is 1. The Bertz CT molecular complexity index is 489. The van der Waals surface area contributed by atoms with E-state index in [0.717, 1.165) is 0 Å². The van der Waals surface area contributed by atoms with Gasteiger partial charge in [-0.25, -0.2) is 0 Å². The number of nitrogens with zero attached hydrogens (tertiary/aromatic N) is 2. The zero-order valence-corrected chi connectivity index (χ0v) is 8.16. The molecule has 14 heavy (non-hydrogen) atoms. The van der Waals surface area contributed by atoms with Gasteiger partial charge < -0.3 is 14.7 Å². The van der Waals surface area contributed by atoms with Crippen molar-refractivity contribution in [2.75, 3.05) is 0 Å². The van der Waals surface area contributed by atoms with Crippen molar-refractivity contribution in [2.24, 2.45) is 0 Å². The van der Waals surface area contributed by atoms with Crippen molar-refractivity contribution in [3.05, 3.63) is 41.2 Å². The molecule has 0 bridgehead atoms. The van der Waals surface area contributed by atoms with Crippen molar-refractivity contribution >= 4 is 12.2 Å². The third kappa shape index (κ3) is 1.67. The van der Waals surface area contributed by atoms with Gasteiger partial charge in [0.1, 0.15) is 11.4 Å². The van der Waals surface area contributed by atoms with Gasteiger partial charge in [0.15, 0.2) is 4.77 Å². The van der Waals surface area contributed by atoms with Crippen LogP contribution in [0.4, 0.5) is 0 Å². The molecule has 0 aromatic carbocycles. The van der Waals surface area contributed by atoms with Crippen molar-refractivity contribution in [2.45, 2.75) is 6.54 Å². The van der Waals surface area contributed by atoms with Gasteiger partial charge in [-0.2, -0.15) is 0 Å². The topological polar surface area (TPSA) is 53.8 Å². The Hall–Kier alpha value is -1.62. The van der Waals surface area contributed by atoms with Crippen molar-refractivity contribution in [1.29, 1.82) is 0 Å². The fourth-order valence-electron chi connectivity index (χ4n) is 1.19. The van der Waals surface area contributed by atoms with E-state index in [4.69, 9.17) is 12.2 Å². The molecule has 5 heteroatoms. The van der Waals surface area contributed by atoms with Gasteiger partial charge in [0.05, 0.1) is 6.54 Å². The highest BCUT2D eigenvalue weighted by Crippen LogP contribution is 2.13. The zero-order valence-electron chi connectivity index (χ0n) is 7.34. The van der Waals surface area contributed by atoms with Crippen molar-refractivity contribution < 1.29 is 5.11 Å². The molecule has 2 heterocycles. The molecule has 0 amide bonds. The van der Waals surface area contributed by atoms with E-state index in [1.165, 1.54) is 0 Å². The van der Waals surface area contributed by atoms with E-state index in [1.807, 2.05) is 6.20 Å². The Kier molecular flexibility index (Phi) is 2.32. The summed E-state index contributed by atoms with van der Waals surface area (Å²) in [5, 5.41) is 9.48. The molecular weight excluding hydrogens is 198 g/mol. The molecule has 2 rings (SSSR count). The number of pyridine rings is 1. The molecule has 2 aromatic rings. The van der Waals surface area contributed by atoms with Crippen LogP contribution in [0, 0.1) is 4.77 Å². The van der Waals surface area contributed by atoms with Crippen molar-refractivity contribution in [3.8, 4) is 5.75 Å². The van der Waals surface area contributed by atoms with E-state index in [2.05, 4.69) is 9.97 Å². The molecule has 0 atom stereocenters. The fourth-order valence-corrected chi connectivity index (χ4v) is 1.38. The van der Waals surface area contributed by atoms with E-state index in [0.29, 0.717) is 17.0 Å². The number of hydrogen-bond acceptors (Lipinski definition) is 3. The molecule has 0 radical (unpaired) electrons. The first-order valence-corrected chi connectivity index (χ1v) is 4.55. The Morgan fingerprint density at radius 1 is 1.57 bits per heavy atom. The predicted molar refractivity (Wildman–Crippen MR) is 54.6 cm³/mol. The van der Waals surface area contributed by atoms with Crippen LogP contribution in [-0.2, 0) is 6.54 Å². The summed E-state index contributed by atoms with van der Waals surface area (Å²) >= 11 is 5.03. The second-order valence-electron chi connectivity index (χ2n) is 2.86. The minimum Gasteiger partial charge on any atom is -0.506 e. The molecular formula is C9H9N3OS. The average Bonchev–Trinajstić information content (AvgIpc) is 2.56. The molecule has 0 unspecified atom stereocenters. The maximum atomic E-state index is 9.48. The number of rotatable bonds is 2. The van der Waals surface area contributed by atoms with Gasteiger partial charge in [-0.15, -0.1) is 0 Å². The summed E-state index contributed by atoms with van der Waals surface area (Å²) in [7, 11) is 0. The van der Waals surface area contributed by atoms with Crippen LogP contribution < -0.4 is 0 Å². The Morgan fingerprint density at radius 2 is 2.43 bits per heavy atom. The summed E-state index contributed by atoms with van der Waals surface area (Å²) in [6, 6.07) is 3.30. The third-order valence-corrected chi connectivity index (χ3v) is 2.26. The summed E-state index contributed by atoms with van der Waals surface area (Å²) in [6.07, 6.45) is 5.21. The van der Waals surface area contributed by atoms with Gasteiger partial charge in [-0.3, -0.25) is 4.98 Å². The van der Waals surface area contributed by atoms with Gasteiger partial charge in [0, 0.05) is 18.6 Å². The number of hydrogen-bond donors (Lipinski definition) is 2. The smallest absolute Gasteiger partial charge is 0.177 e.